The van der Waals surface area contributed by atoms with Gasteiger partial charge >= 0.3 is 0 Å². The van der Waals surface area contributed by atoms with E-state index in [0.29, 0.717) is 11.7 Å². The van der Waals surface area contributed by atoms with Crippen LogP contribution in [0.15, 0.2) is 12.4 Å². The number of aromatic nitrogens is 2. The number of nitrogens with two attached hydrogens (primary N) is 1. The zero-order valence-electron chi connectivity index (χ0n) is 11.1. The molecule has 0 aromatic carbocycles. The Labute approximate surface area is 108 Å². The Morgan fingerprint density at radius 2 is 1.88 bits per heavy atom. The number of hydrogen-bond donors (Lipinski definition) is 1. The molecule has 1 aromatic heterocycles. The van der Waals surface area contributed by atoms with Gasteiger partial charge in [0.15, 0.2) is 5.82 Å². The van der Waals surface area contributed by atoms with Gasteiger partial charge in [0.05, 0.1) is 0 Å². The van der Waals surface area contributed by atoms with E-state index < -0.39 is 0 Å². The van der Waals surface area contributed by atoms with Crippen molar-refractivity contribution in [3.8, 4) is 0 Å². The lowest BCUT2D eigenvalue weighted by Crippen LogP contribution is -2.41. The van der Waals surface area contributed by atoms with E-state index in [1.54, 1.807) is 12.4 Å². The van der Waals surface area contributed by atoms with E-state index in [1.165, 1.54) is 0 Å². The average Bonchev–Trinajstić information content (AvgIpc) is 2.25. The molecule has 0 bridgehead atoms. The topological polar surface area (TPSA) is 55.0 Å². The maximum absolute atomic E-state index is 5.66. The van der Waals surface area contributed by atoms with Gasteiger partial charge in [0.25, 0.3) is 0 Å². The van der Waals surface area contributed by atoms with E-state index in [0.717, 1.165) is 5.82 Å². The minimum absolute atomic E-state index is 0.139. The molecule has 94 valence electrons. The third kappa shape index (κ3) is 3.12. The van der Waals surface area contributed by atoms with Crippen LogP contribution in [0.25, 0.3) is 0 Å². The predicted octanol–water partition coefficient (Wildman–Crippen LogP) is 1.98. The zero-order chi connectivity index (χ0) is 13.2. The van der Waals surface area contributed by atoms with Crippen molar-refractivity contribution in [1.29, 1.82) is 0 Å². The van der Waals surface area contributed by atoms with E-state index in [2.05, 4.69) is 42.6 Å². The quantitative estimate of drug-likeness (QED) is 0.834. The lowest BCUT2D eigenvalue weighted by Gasteiger charge is -2.36. The number of rotatable bonds is 3. The van der Waals surface area contributed by atoms with Crippen LogP contribution in [-0.4, -0.2) is 28.0 Å². The maximum Gasteiger partial charge on any atom is 0.157 e. The summed E-state index contributed by atoms with van der Waals surface area (Å²) in [5, 5.41) is 0. The highest BCUT2D eigenvalue weighted by Gasteiger charge is 2.26. The smallest absolute Gasteiger partial charge is 0.157 e. The van der Waals surface area contributed by atoms with Crippen LogP contribution in [0, 0.1) is 5.41 Å². The van der Waals surface area contributed by atoms with Gasteiger partial charge in [-0.25, -0.2) is 9.97 Å². The van der Waals surface area contributed by atoms with Gasteiger partial charge in [-0.3, -0.25) is 0 Å². The van der Waals surface area contributed by atoms with Crippen molar-refractivity contribution in [1.82, 2.24) is 9.97 Å². The first-order valence-corrected chi connectivity index (χ1v) is 5.99. The first-order chi connectivity index (χ1) is 7.75. The third-order valence-corrected chi connectivity index (χ3v) is 3.27. The molecule has 0 aliphatic heterocycles. The number of anilines is 1. The van der Waals surface area contributed by atoms with Crippen molar-refractivity contribution < 1.29 is 0 Å². The molecular formula is C12H20N4S. The van der Waals surface area contributed by atoms with Crippen molar-refractivity contribution in [2.24, 2.45) is 11.1 Å². The van der Waals surface area contributed by atoms with E-state index in [9.17, 15) is 0 Å². The van der Waals surface area contributed by atoms with Gasteiger partial charge in [0, 0.05) is 25.5 Å². The van der Waals surface area contributed by atoms with Gasteiger partial charge in [-0.15, -0.1) is 0 Å². The van der Waals surface area contributed by atoms with Gasteiger partial charge in [0.1, 0.15) is 10.7 Å². The molecule has 0 radical (unpaired) electrons. The van der Waals surface area contributed by atoms with Gasteiger partial charge in [-0.2, -0.15) is 0 Å². The van der Waals surface area contributed by atoms with Crippen LogP contribution in [-0.2, 0) is 0 Å². The average molecular weight is 252 g/mol. The van der Waals surface area contributed by atoms with Crippen LogP contribution in [0.2, 0.25) is 0 Å². The molecule has 1 aromatic rings. The summed E-state index contributed by atoms with van der Waals surface area (Å²) >= 11 is 5.00. The summed E-state index contributed by atoms with van der Waals surface area (Å²) in [7, 11) is 1.99. The molecule has 1 atom stereocenters. The molecule has 0 aliphatic carbocycles. The van der Waals surface area contributed by atoms with Crippen LogP contribution in [0.4, 0.5) is 5.82 Å². The van der Waals surface area contributed by atoms with Crippen LogP contribution < -0.4 is 10.6 Å². The lowest BCUT2D eigenvalue weighted by molar-refractivity contribution is 0.328. The summed E-state index contributed by atoms with van der Waals surface area (Å²) in [6.07, 6.45) is 3.26. The minimum atomic E-state index is 0.139. The third-order valence-electron chi connectivity index (χ3n) is 3.08. The monoisotopic (exact) mass is 252 g/mol. The molecule has 1 heterocycles. The zero-order valence-corrected chi connectivity index (χ0v) is 11.9. The minimum Gasteiger partial charge on any atom is -0.388 e. The number of thiocarbonyl (C=S) groups is 1. The van der Waals surface area contributed by atoms with Gasteiger partial charge < -0.3 is 10.6 Å². The van der Waals surface area contributed by atoms with Crippen molar-refractivity contribution in [3.63, 3.8) is 0 Å². The molecule has 0 fully saturated rings. The van der Waals surface area contributed by atoms with Crippen LogP contribution >= 0.6 is 12.2 Å². The van der Waals surface area contributed by atoms with Crippen LogP contribution in [0.5, 0.6) is 0 Å². The van der Waals surface area contributed by atoms with Gasteiger partial charge in [0.2, 0.25) is 0 Å². The molecule has 0 aliphatic rings. The summed E-state index contributed by atoms with van der Waals surface area (Å²) in [6.45, 7) is 8.71. The molecule has 0 amide bonds. The maximum atomic E-state index is 5.66. The molecule has 4 nitrogen and oxygen atoms in total. The largest absolute Gasteiger partial charge is 0.388 e. The molecule has 1 rings (SSSR count). The Morgan fingerprint density at radius 3 is 2.35 bits per heavy atom. The van der Waals surface area contributed by atoms with Crippen molar-refractivity contribution >= 4 is 23.0 Å². The Kier molecular flexibility index (Phi) is 4.03. The van der Waals surface area contributed by atoms with E-state index in [-0.39, 0.29) is 10.4 Å². The van der Waals surface area contributed by atoms with Gasteiger partial charge in [-0.05, 0) is 12.3 Å². The Morgan fingerprint density at radius 1 is 1.35 bits per heavy atom. The molecule has 0 saturated heterocycles. The fraction of sp³-hybridized carbons (Fsp3) is 0.583. The summed E-state index contributed by atoms with van der Waals surface area (Å²) in [4.78, 5) is 10.9. The standard InChI is InChI=1S/C12H20N4S/c1-8(12(2,3)4)16(5)11-9(10(13)17)14-6-7-15-11/h6-8H,1-5H3,(H2,13,17). The lowest BCUT2D eigenvalue weighted by atomic mass is 9.87. The highest BCUT2D eigenvalue weighted by molar-refractivity contribution is 7.80. The van der Waals surface area contributed by atoms with Crippen LogP contribution in [0.1, 0.15) is 33.4 Å². The SMILES string of the molecule is CC(N(C)c1nccnc1C(N)=S)C(C)(C)C. The summed E-state index contributed by atoms with van der Waals surface area (Å²) in [6, 6.07) is 0.298. The molecule has 1 unspecified atom stereocenters. The van der Waals surface area contributed by atoms with E-state index >= 15 is 0 Å². The fourth-order valence-corrected chi connectivity index (χ4v) is 1.67. The summed E-state index contributed by atoms with van der Waals surface area (Å²) in [5.41, 5.74) is 6.39. The molecule has 0 spiro atoms. The number of hydrogen-bond acceptors (Lipinski definition) is 4. The second-order valence-corrected chi connectivity index (χ2v) is 5.69. The molecular weight excluding hydrogens is 232 g/mol. The van der Waals surface area contributed by atoms with Crippen molar-refractivity contribution in [2.45, 2.75) is 33.7 Å². The second-order valence-electron chi connectivity index (χ2n) is 5.25. The Bertz CT molecular complexity index is 411. The summed E-state index contributed by atoms with van der Waals surface area (Å²) in [5.74, 6) is 0.738. The highest BCUT2D eigenvalue weighted by Crippen LogP contribution is 2.27. The normalized spacial score (nSPS) is 13.2. The first kappa shape index (κ1) is 13.8. The molecule has 0 saturated carbocycles. The van der Waals surface area contributed by atoms with Crippen LogP contribution in [0.3, 0.4) is 0 Å². The summed E-state index contributed by atoms with van der Waals surface area (Å²) < 4.78 is 0. The second kappa shape index (κ2) is 4.96. The highest BCUT2D eigenvalue weighted by atomic mass is 32.1. The van der Waals surface area contributed by atoms with Gasteiger partial charge in [-0.1, -0.05) is 33.0 Å². The predicted molar refractivity (Wildman–Crippen MR) is 75.2 cm³/mol. The molecule has 2 N–H and O–H groups in total. The number of nitrogens with zero attached hydrogens (tertiary/aromatic N) is 3. The van der Waals surface area contributed by atoms with E-state index in [4.69, 9.17) is 18.0 Å². The Hall–Kier alpha value is -1.23. The Balaban J connectivity index is 3.12. The fourth-order valence-electron chi connectivity index (χ4n) is 1.53. The molecule has 5 heteroatoms. The van der Waals surface area contributed by atoms with Crippen molar-refractivity contribution in [2.75, 3.05) is 11.9 Å². The first-order valence-electron chi connectivity index (χ1n) is 5.58. The van der Waals surface area contributed by atoms with E-state index in [1.807, 2.05) is 7.05 Å². The molecule has 17 heavy (non-hydrogen) atoms. The van der Waals surface area contributed by atoms with Crippen molar-refractivity contribution in [3.05, 3.63) is 18.1 Å².